The molecule has 2 rings (SSSR count). The first-order chi connectivity index (χ1) is 9.04. The average Bonchev–Trinajstić information content (AvgIpc) is 2.59. The quantitative estimate of drug-likeness (QED) is 0.907. The molecular weight excluding hydrogens is 236 g/mol. The van der Waals surface area contributed by atoms with Crippen LogP contribution in [-0.2, 0) is 17.8 Å². The minimum atomic E-state index is -0.728. The highest BCUT2D eigenvalue weighted by atomic mass is 16.2. The van der Waals surface area contributed by atoms with E-state index in [4.69, 9.17) is 5.73 Å². The smallest absolute Gasteiger partial charge is 0.242 e. The first-order valence-corrected chi connectivity index (χ1v) is 7.19. The van der Waals surface area contributed by atoms with Crippen LogP contribution in [-0.4, -0.2) is 22.9 Å². The Morgan fingerprint density at radius 1 is 1.37 bits per heavy atom. The van der Waals surface area contributed by atoms with Gasteiger partial charge in [-0.3, -0.25) is 4.79 Å². The standard InChI is InChI=1S/C16H24N2O/c1-3-10-16(2,17)15(19)18-11-6-9-13-7-4-5-8-14(13)12-18/h4-5,7-8H,3,6,9-12,17H2,1-2H3. The molecule has 0 aliphatic carbocycles. The predicted molar refractivity (Wildman–Crippen MR) is 77.7 cm³/mol. The van der Waals surface area contributed by atoms with Crippen molar-refractivity contribution < 1.29 is 4.79 Å². The highest BCUT2D eigenvalue weighted by Crippen LogP contribution is 2.21. The number of hydrogen-bond acceptors (Lipinski definition) is 2. The topological polar surface area (TPSA) is 46.3 Å². The molecule has 1 amide bonds. The molecular formula is C16H24N2O. The number of benzene rings is 1. The number of amides is 1. The van der Waals surface area contributed by atoms with E-state index in [1.807, 2.05) is 17.9 Å². The zero-order valence-corrected chi connectivity index (χ0v) is 12.0. The van der Waals surface area contributed by atoms with Crippen LogP contribution in [0.3, 0.4) is 0 Å². The lowest BCUT2D eigenvalue weighted by Gasteiger charge is -2.31. The maximum absolute atomic E-state index is 12.6. The van der Waals surface area contributed by atoms with Crippen LogP contribution in [0.1, 0.15) is 44.2 Å². The predicted octanol–water partition coefficient (Wildman–Crippen LogP) is 2.48. The maximum atomic E-state index is 12.6. The maximum Gasteiger partial charge on any atom is 0.242 e. The molecule has 1 aliphatic heterocycles. The summed E-state index contributed by atoms with van der Waals surface area (Å²) in [5, 5.41) is 0. The zero-order valence-electron chi connectivity index (χ0n) is 12.0. The number of fused-ring (bicyclic) bond motifs is 1. The van der Waals surface area contributed by atoms with Gasteiger partial charge < -0.3 is 10.6 Å². The van der Waals surface area contributed by atoms with E-state index in [2.05, 4.69) is 25.1 Å². The zero-order chi connectivity index (χ0) is 13.9. The average molecular weight is 260 g/mol. The summed E-state index contributed by atoms with van der Waals surface area (Å²) in [6.07, 6.45) is 3.74. The molecule has 0 radical (unpaired) electrons. The van der Waals surface area contributed by atoms with Crippen LogP contribution in [0.5, 0.6) is 0 Å². The van der Waals surface area contributed by atoms with Gasteiger partial charge in [0, 0.05) is 13.1 Å². The molecule has 1 aromatic rings. The molecule has 2 N–H and O–H groups in total. The van der Waals surface area contributed by atoms with Gasteiger partial charge in [0.2, 0.25) is 5.91 Å². The van der Waals surface area contributed by atoms with Gasteiger partial charge in [0.05, 0.1) is 5.54 Å². The fourth-order valence-electron chi connectivity index (χ4n) is 2.86. The van der Waals surface area contributed by atoms with Crippen LogP contribution >= 0.6 is 0 Å². The molecule has 0 aromatic heterocycles. The van der Waals surface area contributed by atoms with E-state index >= 15 is 0 Å². The second-order valence-corrected chi connectivity index (χ2v) is 5.77. The van der Waals surface area contributed by atoms with Gasteiger partial charge in [-0.25, -0.2) is 0 Å². The number of hydrogen-bond donors (Lipinski definition) is 1. The Hall–Kier alpha value is -1.35. The van der Waals surface area contributed by atoms with E-state index in [-0.39, 0.29) is 5.91 Å². The normalized spacial score (nSPS) is 18.4. The van der Waals surface area contributed by atoms with Gasteiger partial charge in [-0.15, -0.1) is 0 Å². The van der Waals surface area contributed by atoms with Crippen LogP contribution in [0, 0.1) is 0 Å². The van der Waals surface area contributed by atoms with Gasteiger partial charge in [0.15, 0.2) is 0 Å². The Morgan fingerprint density at radius 3 is 2.74 bits per heavy atom. The lowest BCUT2D eigenvalue weighted by molar-refractivity contribution is -0.137. The van der Waals surface area contributed by atoms with Crippen molar-refractivity contribution in [2.75, 3.05) is 6.54 Å². The second-order valence-electron chi connectivity index (χ2n) is 5.77. The van der Waals surface area contributed by atoms with Crippen molar-refractivity contribution in [2.45, 2.75) is 51.6 Å². The van der Waals surface area contributed by atoms with Crippen molar-refractivity contribution in [3.8, 4) is 0 Å². The molecule has 1 unspecified atom stereocenters. The largest absolute Gasteiger partial charge is 0.337 e. The fraction of sp³-hybridized carbons (Fsp3) is 0.562. The summed E-state index contributed by atoms with van der Waals surface area (Å²) < 4.78 is 0. The number of nitrogens with two attached hydrogens (primary N) is 1. The third-order valence-electron chi connectivity index (χ3n) is 3.90. The van der Waals surface area contributed by atoms with Crippen molar-refractivity contribution in [3.05, 3.63) is 35.4 Å². The first kappa shape index (κ1) is 14.1. The highest BCUT2D eigenvalue weighted by Gasteiger charge is 2.32. The Labute approximate surface area is 115 Å². The summed E-state index contributed by atoms with van der Waals surface area (Å²) in [7, 11) is 0. The summed E-state index contributed by atoms with van der Waals surface area (Å²) in [4.78, 5) is 14.5. The van der Waals surface area contributed by atoms with Gasteiger partial charge in [0.25, 0.3) is 0 Å². The fourth-order valence-corrected chi connectivity index (χ4v) is 2.86. The van der Waals surface area contributed by atoms with Crippen molar-refractivity contribution in [3.63, 3.8) is 0 Å². The number of nitrogens with zero attached hydrogens (tertiary/aromatic N) is 1. The number of rotatable bonds is 3. The minimum absolute atomic E-state index is 0.0889. The highest BCUT2D eigenvalue weighted by molar-refractivity contribution is 5.85. The monoisotopic (exact) mass is 260 g/mol. The summed E-state index contributed by atoms with van der Waals surface area (Å²) >= 11 is 0. The number of carbonyl (C=O) groups is 1. The molecule has 1 atom stereocenters. The molecule has 0 saturated carbocycles. The van der Waals surface area contributed by atoms with Crippen molar-refractivity contribution in [1.82, 2.24) is 4.90 Å². The summed E-state index contributed by atoms with van der Waals surface area (Å²) in [5.41, 5.74) is 8.09. The number of aryl methyl sites for hydroxylation is 1. The van der Waals surface area contributed by atoms with Crippen molar-refractivity contribution in [2.24, 2.45) is 5.73 Å². The van der Waals surface area contributed by atoms with Crippen LogP contribution < -0.4 is 5.73 Å². The number of carbonyl (C=O) groups excluding carboxylic acids is 1. The molecule has 104 valence electrons. The molecule has 1 aliphatic rings. The first-order valence-electron chi connectivity index (χ1n) is 7.19. The third kappa shape index (κ3) is 3.16. The summed E-state index contributed by atoms with van der Waals surface area (Å²) in [6, 6.07) is 8.40. The van der Waals surface area contributed by atoms with E-state index in [1.54, 1.807) is 0 Å². The summed E-state index contributed by atoms with van der Waals surface area (Å²) in [6.45, 7) is 5.43. The summed E-state index contributed by atoms with van der Waals surface area (Å²) in [5.74, 6) is 0.0889. The van der Waals surface area contributed by atoms with Crippen LogP contribution in [0.25, 0.3) is 0 Å². The van der Waals surface area contributed by atoms with Gasteiger partial charge >= 0.3 is 0 Å². The Bertz CT molecular complexity index is 454. The SMILES string of the molecule is CCCC(C)(N)C(=O)N1CCCc2ccccc2C1. The van der Waals surface area contributed by atoms with E-state index in [1.165, 1.54) is 11.1 Å². The van der Waals surface area contributed by atoms with Crippen LogP contribution in [0.4, 0.5) is 0 Å². The molecule has 0 spiro atoms. The Kier molecular flexibility index (Phi) is 4.25. The third-order valence-corrected chi connectivity index (χ3v) is 3.90. The van der Waals surface area contributed by atoms with Crippen LogP contribution in [0.2, 0.25) is 0 Å². The van der Waals surface area contributed by atoms with E-state index in [0.717, 1.165) is 32.2 Å². The Balaban J connectivity index is 2.16. The van der Waals surface area contributed by atoms with E-state index < -0.39 is 5.54 Å². The van der Waals surface area contributed by atoms with Crippen molar-refractivity contribution in [1.29, 1.82) is 0 Å². The molecule has 19 heavy (non-hydrogen) atoms. The molecule has 0 fully saturated rings. The molecule has 0 saturated heterocycles. The lowest BCUT2D eigenvalue weighted by atomic mass is 9.95. The lowest BCUT2D eigenvalue weighted by Crippen LogP contribution is -2.53. The second kappa shape index (κ2) is 5.74. The molecule has 1 heterocycles. The van der Waals surface area contributed by atoms with Crippen molar-refractivity contribution >= 4 is 5.91 Å². The Morgan fingerprint density at radius 2 is 2.05 bits per heavy atom. The van der Waals surface area contributed by atoms with E-state index in [9.17, 15) is 4.79 Å². The van der Waals surface area contributed by atoms with E-state index in [0.29, 0.717) is 6.54 Å². The van der Waals surface area contributed by atoms with Gasteiger partial charge in [-0.2, -0.15) is 0 Å². The van der Waals surface area contributed by atoms with Gasteiger partial charge in [-0.1, -0.05) is 37.6 Å². The molecule has 3 heteroatoms. The molecule has 1 aromatic carbocycles. The van der Waals surface area contributed by atoms with Gasteiger partial charge in [0.1, 0.15) is 0 Å². The van der Waals surface area contributed by atoms with Crippen LogP contribution in [0.15, 0.2) is 24.3 Å². The minimum Gasteiger partial charge on any atom is -0.337 e. The van der Waals surface area contributed by atoms with Gasteiger partial charge in [-0.05, 0) is 37.3 Å². The molecule has 3 nitrogen and oxygen atoms in total. The molecule has 0 bridgehead atoms.